The molecule has 20 heavy (non-hydrogen) atoms. The number of benzene rings is 1. The number of anilines is 1. The van der Waals surface area contributed by atoms with Gasteiger partial charge in [0, 0.05) is 26.4 Å². The van der Waals surface area contributed by atoms with Gasteiger partial charge in [0.15, 0.2) is 0 Å². The molecule has 1 aromatic rings. The smallest absolute Gasteiger partial charge is 0.220 e. The lowest BCUT2D eigenvalue weighted by molar-refractivity contribution is -0.122. The monoisotopic (exact) mass is 279 g/mol. The zero-order valence-electron chi connectivity index (χ0n) is 11.6. The molecule has 2 amide bonds. The van der Waals surface area contributed by atoms with Gasteiger partial charge in [0.25, 0.3) is 0 Å². The Morgan fingerprint density at radius 1 is 1.20 bits per heavy atom. The molecule has 0 bridgehead atoms. The molecule has 110 valence electrons. The normalized spacial score (nSPS) is 9.85. The van der Waals surface area contributed by atoms with Gasteiger partial charge in [-0.05, 0) is 18.6 Å². The summed E-state index contributed by atoms with van der Waals surface area (Å²) in [5, 5.41) is 5.32. The van der Waals surface area contributed by atoms with E-state index in [4.69, 9.17) is 10.5 Å². The molecule has 0 spiro atoms. The molecule has 0 aliphatic heterocycles. The summed E-state index contributed by atoms with van der Waals surface area (Å²) in [6.07, 6.45) is 0.993. The molecule has 0 radical (unpaired) electrons. The Morgan fingerprint density at radius 2 is 1.90 bits per heavy atom. The first-order chi connectivity index (χ1) is 9.59. The van der Waals surface area contributed by atoms with E-state index in [1.807, 2.05) is 12.1 Å². The predicted molar refractivity (Wildman–Crippen MR) is 77.3 cm³/mol. The van der Waals surface area contributed by atoms with Gasteiger partial charge in [-0.1, -0.05) is 12.1 Å². The first-order valence-electron chi connectivity index (χ1n) is 6.58. The average molecular weight is 279 g/mol. The maximum absolute atomic E-state index is 11.5. The number of rotatable bonds is 8. The molecule has 4 N–H and O–H groups in total. The molecule has 0 heterocycles. The lowest BCUT2D eigenvalue weighted by Gasteiger charge is -2.08. The van der Waals surface area contributed by atoms with E-state index in [1.54, 1.807) is 12.1 Å². The number of hydrogen-bond donors (Lipinski definition) is 3. The number of carbonyl (C=O) groups excluding carboxylic acids is 2. The number of hydrogen-bond acceptors (Lipinski definition) is 4. The number of nitrogens with one attached hydrogen (secondary N) is 2. The first-order valence-corrected chi connectivity index (χ1v) is 6.58. The quantitative estimate of drug-likeness (QED) is 0.482. The summed E-state index contributed by atoms with van der Waals surface area (Å²) in [5.41, 5.74) is 6.32. The first kappa shape index (κ1) is 15.8. The number of amides is 2. The highest BCUT2D eigenvalue weighted by Crippen LogP contribution is 2.19. The molecule has 0 saturated heterocycles. The lowest BCUT2D eigenvalue weighted by atomic mass is 10.3. The van der Waals surface area contributed by atoms with E-state index in [1.165, 1.54) is 6.92 Å². The molecule has 0 unspecified atom stereocenters. The van der Waals surface area contributed by atoms with Crippen molar-refractivity contribution in [3.8, 4) is 5.75 Å². The fourth-order valence-electron chi connectivity index (χ4n) is 1.56. The minimum absolute atomic E-state index is 0.0556. The van der Waals surface area contributed by atoms with Crippen molar-refractivity contribution in [2.24, 2.45) is 0 Å². The minimum Gasteiger partial charge on any atom is -0.491 e. The summed E-state index contributed by atoms with van der Waals surface area (Å²) in [6, 6.07) is 7.25. The van der Waals surface area contributed by atoms with Crippen molar-refractivity contribution in [3.05, 3.63) is 24.3 Å². The second-order valence-corrected chi connectivity index (χ2v) is 4.32. The Balaban J connectivity index is 2.07. The Labute approximate surface area is 118 Å². The summed E-state index contributed by atoms with van der Waals surface area (Å²) in [5.74, 6) is 0.478. The SMILES string of the molecule is CC(=O)NCCNC(=O)CCCOc1ccccc1N. The number of carbonyl (C=O) groups is 2. The van der Waals surface area contributed by atoms with Gasteiger partial charge in [-0.25, -0.2) is 0 Å². The van der Waals surface area contributed by atoms with Crippen LogP contribution < -0.4 is 21.1 Å². The van der Waals surface area contributed by atoms with Gasteiger partial charge in [-0.15, -0.1) is 0 Å². The van der Waals surface area contributed by atoms with Gasteiger partial charge >= 0.3 is 0 Å². The Bertz CT molecular complexity index is 449. The summed E-state index contributed by atoms with van der Waals surface area (Å²) in [4.78, 5) is 22.1. The fourth-order valence-corrected chi connectivity index (χ4v) is 1.56. The molecule has 6 heteroatoms. The third kappa shape index (κ3) is 6.63. The van der Waals surface area contributed by atoms with Crippen molar-refractivity contribution in [1.82, 2.24) is 10.6 Å². The van der Waals surface area contributed by atoms with Crippen LogP contribution in [-0.2, 0) is 9.59 Å². The van der Waals surface area contributed by atoms with Crippen LogP contribution >= 0.6 is 0 Å². The van der Waals surface area contributed by atoms with Crippen LogP contribution in [0.2, 0.25) is 0 Å². The van der Waals surface area contributed by atoms with E-state index in [-0.39, 0.29) is 11.8 Å². The van der Waals surface area contributed by atoms with Crippen LogP contribution in [0.25, 0.3) is 0 Å². The highest BCUT2D eigenvalue weighted by molar-refractivity contribution is 5.76. The Morgan fingerprint density at radius 3 is 2.60 bits per heavy atom. The van der Waals surface area contributed by atoms with E-state index in [9.17, 15) is 9.59 Å². The van der Waals surface area contributed by atoms with Gasteiger partial charge in [-0.2, -0.15) is 0 Å². The molecule has 0 saturated carbocycles. The van der Waals surface area contributed by atoms with Crippen molar-refractivity contribution >= 4 is 17.5 Å². The zero-order valence-corrected chi connectivity index (χ0v) is 11.6. The van der Waals surface area contributed by atoms with E-state index < -0.39 is 0 Å². The van der Waals surface area contributed by atoms with Crippen LogP contribution in [0.5, 0.6) is 5.75 Å². The van der Waals surface area contributed by atoms with Gasteiger partial charge in [0.05, 0.1) is 12.3 Å². The largest absolute Gasteiger partial charge is 0.491 e. The molecular formula is C14H21N3O3. The third-order valence-corrected chi connectivity index (χ3v) is 2.55. The molecule has 0 aliphatic rings. The van der Waals surface area contributed by atoms with Gasteiger partial charge in [0.1, 0.15) is 5.75 Å². The Kier molecular flexibility index (Phi) is 6.95. The highest BCUT2D eigenvalue weighted by Gasteiger charge is 2.02. The maximum Gasteiger partial charge on any atom is 0.220 e. The van der Waals surface area contributed by atoms with Crippen LogP contribution in [-0.4, -0.2) is 31.5 Å². The molecule has 6 nitrogen and oxygen atoms in total. The second kappa shape index (κ2) is 8.79. The van der Waals surface area contributed by atoms with Crippen LogP contribution in [0.4, 0.5) is 5.69 Å². The van der Waals surface area contributed by atoms with Gasteiger partial charge in [0.2, 0.25) is 11.8 Å². The van der Waals surface area contributed by atoms with Crippen molar-refractivity contribution in [2.45, 2.75) is 19.8 Å². The number of nitrogen functional groups attached to an aromatic ring is 1. The lowest BCUT2D eigenvalue weighted by Crippen LogP contribution is -2.33. The summed E-state index contributed by atoms with van der Waals surface area (Å²) >= 11 is 0. The standard InChI is InChI=1S/C14H21N3O3/c1-11(18)16-8-9-17-14(19)7-4-10-20-13-6-3-2-5-12(13)15/h2-3,5-6H,4,7-10,15H2,1H3,(H,16,18)(H,17,19). The van der Waals surface area contributed by atoms with E-state index in [0.29, 0.717) is 44.0 Å². The van der Waals surface area contributed by atoms with E-state index in [2.05, 4.69) is 10.6 Å². The molecule has 1 aromatic carbocycles. The van der Waals surface area contributed by atoms with E-state index >= 15 is 0 Å². The molecule has 1 rings (SSSR count). The Hall–Kier alpha value is -2.24. The van der Waals surface area contributed by atoms with Crippen molar-refractivity contribution in [2.75, 3.05) is 25.4 Å². The molecular weight excluding hydrogens is 258 g/mol. The summed E-state index contributed by atoms with van der Waals surface area (Å²) < 4.78 is 5.48. The summed E-state index contributed by atoms with van der Waals surface area (Å²) in [6.45, 7) is 2.75. The van der Waals surface area contributed by atoms with Crippen LogP contribution in [0.3, 0.4) is 0 Å². The maximum atomic E-state index is 11.5. The number of nitrogens with two attached hydrogens (primary N) is 1. The highest BCUT2D eigenvalue weighted by atomic mass is 16.5. The molecule has 0 aromatic heterocycles. The van der Waals surface area contributed by atoms with Crippen LogP contribution in [0, 0.1) is 0 Å². The number of para-hydroxylation sites is 2. The van der Waals surface area contributed by atoms with Crippen molar-refractivity contribution in [3.63, 3.8) is 0 Å². The third-order valence-electron chi connectivity index (χ3n) is 2.55. The molecule has 0 aliphatic carbocycles. The topological polar surface area (TPSA) is 93.5 Å². The zero-order chi connectivity index (χ0) is 14.8. The van der Waals surface area contributed by atoms with Crippen molar-refractivity contribution < 1.29 is 14.3 Å². The van der Waals surface area contributed by atoms with Crippen molar-refractivity contribution in [1.29, 1.82) is 0 Å². The van der Waals surface area contributed by atoms with Gasteiger partial charge < -0.3 is 21.1 Å². The predicted octanol–water partition coefficient (Wildman–Crippen LogP) is 0.680. The van der Waals surface area contributed by atoms with Gasteiger partial charge in [-0.3, -0.25) is 9.59 Å². The van der Waals surface area contributed by atoms with Crippen LogP contribution in [0.1, 0.15) is 19.8 Å². The minimum atomic E-state index is -0.104. The molecule has 0 atom stereocenters. The fraction of sp³-hybridized carbons (Fsp3) is 0.429. The molecule has 0 fully saturated rings. The number of ether oxygens (including phenoxy) is 1. The van der Waals surface area contributed by atoms with E-state index in [0.717, 1.165) is 0 Å². The average Bonchev–Trinajstić information content (AvgIpc) is 2.41. The second-order valence-electron chi connectivity index (χ2n) is 4.32. The van der Waals surface area contributed by atoms with Crippen LogP contribution in [0.15, 0.2) is 24.3 Å². The summed E-state index contributed by atoms with van der Waals surface area (Å²) in [7, 11) is 0.